The lowest BCUT2D eigenvalue weighted by Crippen LogP contribution is -2.38. The maximum Gasteiger partial charge on any atom is 0.321 e. The number of nitrogens with zero attached hydrogens (tertiary/aromatic N) is 1. The molecule has 0 aliphatic carbocycles. The Kier molecular flexibility index (Phi) is 9.28. The number of carbonyl (C=O) groups excluding carboxylic acids is 1. The molecule has 0 heterocycles. The number of para-hydroxylation sites is 1. The fourth-order valence-corrected chi connectivity index (χ4v) is 2.41. The summed E-state index contributed by atoms with van der Waals surface area (Å²) in [5.74, 6) is -0.382. The molecule has 0 aliphatic heterocycles. The minimum absolute atomic E-state index is 0.256. The van der Waals surface area contributed by atoms with E-state index in [0.717, 1.165) is 12.8 Å². The molecule has 22 heavy (non-hydrogen) atoms. The minimum Gasteiger partial charge on any atom is -0.338 e. The standard InChI is InChI=1S/C18H29FN2O/c1-3-4-5-6-7-8-9-12-15-20-18(22)21(2)17-14-11-10-13-16(17)19/h10-11,13-14H,3-9,12,15H2,1-2H3,(H,20,22). The first-order chi connectivity index (χ1) is 10.7. The van der Waals surface area contributed by atoms with Gasteiger partial charge in [0.15, 0.2) is 0 Å². The second kappa shape index (κ2) is 11.0. The normalized spacial score (nSPS) is 10.5. The summed E-state index contributed by atoms with van der Waals surface area (Å²) < 4.78 is 13.6. The number of urea groups is 1. The number of halogens is 1. The summed E-state index contributed by atoms with van der Waals surface area (Å²) >= 11 is 0. The van der Waals surface area contributed by atoms with Crippen molar-refractivity contribution >= 4 is 11.7 Å². The van der Waals surface area contributed by atoms with Crippen molar-refractivity contribution in [2.75, 3.05) is 18.5 Å². The van der Waals surface area contributed by atoms with Gasteiger partial charge in [-0.05, 0) is 18.6 Å². The molecule has 0 fully saturated rings. The molecule has 0 radical (unpaired) electrons. The smallest absolute Gasteiger partial charge is 0.321 e. The third kappa shape index (κ3) is 6.92. The van der Waals surface area contributed by atoms with E-state index in [4.69, 9.17) is 0 Å². The number of anilines is 1. The van der Waals surface area contributed by atoms with Crippen molar-refractivity contribution in [3.8, 4) is 0 Å². The number of nitrogens with one attached hydrogen (secondary N) is 1. The number of hydrogen-bond acceptors (Lipinski definition) is 1. The second-order valence-electron chi connectivity index (χ2n) is 5.72. The fraction of sp³-hybridized carbons (Fsp3) is 0.611. The number of rotatable bonds is 10. The predicted octanol–water partition coefficient (Wildman–Crippen LogP) is 5.11. The van der Waals surface area contributed by atoms with Gasteiger partial charge in [0.25, 0.3) is 0 Å². The van der Waals surface area contributed by atoms with Crippen LogP contribution in [0, 0.1) is 5.82 Å². The van der Waals surface area contributed by atoms with E-state index < -0.39 is 0 Å². The Morgan fingerprint density at radius 3 is 2.27 bits per heavy atom. The third-order valence-electron chi connectivity index (χ3n) is 3.82. The molecule has 2 amide bonds. The van der Waals surface area contributed by atoms with Crippen LogP contribution >= 0.6 is 0 Å². The molecule has 1 aromatic rings. The molecule has 124 valence electrons. The van der Waals surface area contributed by atoms with Crippen LogP contribution in [0.2, 0.25) is 0 Å². The minimum atomic E-state index is -0.382. The average Bonchev–Trinajstić information content (AvgIpc) is 2.53. The predicted molar refractivity (Wildman–Crippen MR) is 90.8 cm³/mol. The Labute approximate surface area is 133 Å². The van der Waals surface area contributed by atoms with E-state index in [1.807, 2.05) is 0 Å². The maximum atomic E-state index is 13.6. The molecule has 0 aliphatic rings. The summed E-state index contributed by atoms with van der Waals surface area (Å²) in [6.45, 7) is 2.87. The number of hydrogen-bond donors (Lipinski definition) is 1. The van der Waals surface area contributed by atoms with E-state index in [1.54, 1.807) is 25.2 Å². The fourth-order valence-electron chi connectivity index (χ4n) is 2.41. The van der Waals surface area contributed by atoms with E-state index >= 15 is 0 Å². The molecule has 0 spiro atoms. The Morgan fingerprint density at radius 2 is 1.64 bits per heavy atom. The lowest BCUT2D eigenvalue weighted by Gasteiger charge is -2.18. The Hall–Kier alpha value is -1.58. The zero-order valence-corrected chi connectivity index (χ0v) is 13.9. The molecule has 1 aromatic carbocycles. The van der Waals surface area contributed by atoms with Gasteiger partial charge in [-0.15, -0.1) is 0 Å². The van der Waals surface area contributed by atoms with Crippen molar-refractivity contribution in [3.05, 3.63) is 30.1 Å². The van der Waals surface area contributed by atoms with Gasteiger partial charge in [-0.1, -0.05) is 64.0 Å². The van der Waals surface area contributed by atoms with E-state index in [9.17, 15) is 9.18 Å². The first-order valence-electron chi connectivity index (χ1n) is 8.43. The monoisotopic (exact) mass is 308 g/mol. The van der Waals surface area contributed by atoms with Crippen LogP contribution in [0.5, 0.6) is 0 Å². The van der Waals surface area contributed by atoms with Crippen LogP contribution < -0.4 is 10.2 Å². The van der Waals surface area contributed by atoms with Gasteiger partial charge >= 0.3 is 6.03 Å². The first-order valence-corrected chi connectivity index (χ1v) is 8.43. The van der Waals surface area contributed by atoms with Crippen molar-refractivity contribution in [2.45, 2.75) is 58.3 Å². The molecule has 0 unspecified atom stereocenters. The summed E-state index contributed by atoms with van der Waals surface area (Å²) in [6.07, 6.45) is 9.88. The van der Waals surface area contributed by atoms with Gasteiger partial charge in [-0.2, -0.15) is 0 Å². The summed E-state index contributed by atoms with van der Waals surface area (Å²) in [4.78, 5) is 13.3. The molecule has 3 nitrogen and oxygen atoms in total. The Bertz CT molecular complexity index is 437. The number of benzene rings is 1. The van der Waals surface area contributed by atoms with Crippen LogP contribution in [0.1, 0.15) is 58.3 Å². The van der Waals surface area contributed by atoms with Crippen LogP contribution in [0.25, 0.3) is 0 Å². The zero-order valence-electron chi connectivity index (χ0n) is 13.9. The van der Waals surface area contributed by atoms with Crippen molar-refractivity contribution in [1.82, 2.24) is 5.32 Å². The third-order valence-corrected chi connectivity index (χ3v) is 3.82. The summed E-state index contributed by atoms with van der Waals surface area (Å²) in [5, 5.41) is 2.84. The van der Waals surface area contributed by atoms with Gasteiger partial charge in [0.05, 0.1) is 5.69 Å². The molecule has 0 saturated heterocycles. The summed E-state index contributed by atoms with van der Waals surface area (Å²) in [5.41, 5.74) is 0.302. The van der Waals surface area contributed by atoms with E-state index in [1.165, 1.54) is 49.5 Å². The molecule has 0 bridgehead atoms. The first kappa shape index (κ1) is 18.5. The SMILES string of the molecule is CCCCCCCCCCNC(=O)N(C)c1ccccc1F. The number of carbonyl (C=O) groups is 1. The number of unbranched alkanes of at least 4 members (excludes halogenated alkanes) is 7. The lowest BCUT2D eigenvalue weighted by molar-refractivity contribution is 0.247. The van der Waals surface area contributed by atoms with Crippen molar-refractivity contribution in [1.29, 1.82) is 0 Å². The van der Waals surface area contributed by atoms with Crippen molar-refractivity contribution < 1.29 is 9.18 Å². The van der Waals surface area contributed by atoms with Gasteiger partial charge < -0.3 is 5.32 Å². The average molecular weight is 308 g/mol. The van der Waals surface area contributed by atoms with Crippen LogP contribution in [0.4, 0.5) is 14.9 Å². The molecule has 0 aromatic heterocycles. The van der Waals surface area contributed by atoms with Gasteiger partial charge in [-0.3, -0.25) is 4.90 Å². The molecule has 0 saturated carbocycles. The van der Waals surface area contributed by atoms with Crippen LogP contribution in [0.15, 0.2) is 24.3 Å². The molecule has 1 rings (SSSR count). The quantitative estimate of drug-likeness (QED) is 0.598. The number of amides is 2. The van der Waals surface area contributed by atoms with Gasteiger partial charge in [0, 0.05) is 13.6 Å². The highest BCUT2D eigenvalue weighted by Gasteiger charge is 2.13. The summed E-state index contributed by atoms with van der Waals surface area (Å²) in [6, 6.07) is 6.04. The Morgan fingerprint density at radius 1 is 1.05 bits per heavy atom. The van der Waals surface area contributed by atoms with E-state index in [2.05, 4.69) is 12.2 Å². The largest absolute Gasteiger partial charge is 0.338 e. The van der Waals surface area contributed by atoms with E-state index in [0.29, 0.717) is 12.2 Å². The van der Waals surface area contributed by atoms with Crippen molar-refractivity contribution in [3.63, 3.8) is 0 Å². The Balaban J connectivity index is 2.12. The highest BCUT2D eigenvalue weighted by molar-refractivity contribution is 5.91. The second-order valence-corrected chi connectivity index (χ2v) is 5.72. The van der Waals surface area contributed by atoms with Crippen LogP contribution in [0.3, 0.4) is 0 Å². The molecular formula is C18H29FN2O. The lowest BCUT2D eigenvalue weighted by atomic mass is 10.1. The molecular weight excluding hydrogens is 279 g/mol. The zero-order chi connectivity index (χ0) is 16.2. The molecule has 1 N–H and O–H groups in total. The highest BCUT2D eigenvalue weighted by atomic mass is 19.1. The van der Waals surface area contributed by atoms with Crippen LogP contribution in [-0.4, -0.2) is 19.6 Å². The maximum absolute atomic E-state index is 13.6. The van der Waals surface area contributed by atoms with Gasteiger partial charge in [0.2, 0.25) is 0 Å². The van der Waals surface area contributed by atoms with E-state index in [-0.39, 0.29) is 11.8 Å². The van der Waals surface area contributed by atoms with Crippen molar-refractivity contribution in [2.24, 2.45) is 0 Å². The molecule has 0 atom stereocenters. The van der Waals surface area contributed by atoms with Gasteiger partial charge in [0.1, 0.15) is 5.82 Å². The molecule has 4 heteroatoms. The van der Waals surface area contributed by atoms with Crippen LogP contribution in [-0.2, 0) is 0 Å². The topological polar surface area (TPSA) is 32.3 Å². The van der Waals surface area contributed by atoms with Gasteiger partial charge in [-0.25, -0.2) is 9.18 Å². The summed E-state index contributed by atoms with van der Waals surface area (Å²) in [7, 11) is 1.58. The highest BCUT2D eigenvalue weighted by Crippen LogP contribution is 2.16.